The molecule has 204 valence electrons. The number of carbonyl (C=O) groups excluding carboxylic acids is 1. The van der Waals surface area contributed by atoms with Gasteiger partial charge in [0.25, 0.3) is 6.43 Å². The number of nitrogens with one attached hydrogen (secondary N) is 1. The van der Waals surface area contributed by atoms with E-state index in [1.165, 1.54) is 4.57 Å². The normalized spacial score (nSPS) is 16.9. The molecule has 0 radical (unpaired) electrons. The Morgan fingerprint density at radius 1 is 1.08 bits per heavy atom. The van der Waals surface area contributed by atoms with E-state index in [4.69, 9.17) is 26.1 Å². The summed E-state index contributed by atoms with van der Waals surface area (Å²) in [5, 5.41) is 2.91. The van der Waals surface area contributed by atoms with Crippen LogP contribution < -0.4 is 19.9 Å². The van der Waals surface area contributed by atoms with Crippen molar-refractivity contribution in [2.75, 3.05) is 61.7 Å². The van der Waals surface area contributed by atoms with E-state index in [1.807, 2.05) is 16.7 Å². The van der Waals surface area contributed by atoms with Gasteiger partial charge in [-0.25, -0.2) is 13.8 Å². The van der Waals surface area contributed by atoms with Crippen LogP contribution in [0.1, 0.15) is 32.0 Å². The molecule has 0 atom stereocenters. The number of halogens is 3. The van der Waals surface area contributed by atoms with Crippen LogP contribution in [0.25, 0.3) is 17.0 Å². The van der Waals surface area contributed by atoms with Crippen LogP contribution in [0.3, 0.4) is 0 Å². The second kappa shape index (κ2) is 11.6. The number of rotatable bonds is 8. The quantitative estimate of drug-likeness (QED) is 0.423. The van der Waals surface area contributed by atoms with E-state index in [-0.39, 0.29) is 23.8 Å². The summed E-state index contributed by atoms with van der Waals surface area (Å²) in [5.74, 6) is 0.460. The van der Waals surface area contributed by atoms with Gasteiger partial charge in [-0.3, -0.25) is 9.36 Å². The smallest absolute Gasteiger partial charge is 0.296 e. The van der Waals surface area contributed by atoms with Crippen LogP contribution in [0.5, 0.6) is 5.75 Å². The molecule has 5 rings (SSSR count). The highest BCUT2D eigenvalue weighted by Crippen LogP contribution is 2.33. The van der Waals surface area contributed by atoms with Crippen LogP contribution in [0, 0.1) is 0 Å². The average Bonchev–Trinajstić information content (AvgIpc) is 3.35. The fourth-order valence-corrected chi connectivity index (χ4v) is 4.78. The van der Waals surface area contributed by atoms with Crippen molar-refractivity contribution in [3.05, 3.63) is 24.0 Å². The van der Waals surface area contributed by atoms with Crippen molar-refractivity contribution in [1.82, 2.24) is 29.8 Å². The van der Waals surface area contributed by atoms with E-state index in [0.29, 0.717) is 87.5 Å². The van der Waals surface area contributed by atoms with Crippen molar-refractivity contribution < 1.29 is 23.0 Å². The van der Waals surface area contributed by atoms with Gasteiger partial charge in [-0.05, 0) is 31.9 Å². The van der Waals surface area contributed by atoms with E-state index in [2.05, 4.69) is 20.3 Å². The molecule has 1 aromatic carbocycles. The Hall–Kier alpha value is -3.32. The summed E-state index contributed by atoms with van der Waals surface area (Å²) in [6.07, 6.45) is -1.53. The molecular formula is C24H29ClF2N8O3. The van der Waals surface area contributed by atoms with Crippen LogP contribution in [0.2, 0.25) is 0 Å². The van der Waals surface area contributed by atoms with Gasteiger partial charge in [0, 0.05) is 32.2 Å². The topological polar surface area (TPSA) is 111 Å². The average molecular weight is 551 g/mol. The third-order valence-electron chi connectivity index (χ3n) is 6.53. The molecule has 2 aliphatic heterocycles. The zero-order valence-corrected chi connectivity index (χ0v) is 21.7. The molecule has 1 N–H and O–H groups in total. The highest BCUT2D eigenvalue weighted by molar-refractivity contribution is 6.27. The largest absolute Gasteiger partial charge is 0.492 e. The van der Waals surface area contributed by atoms with Gasteiger partial charge in [-0.15, -0.1) is 11.6 Å². The first-order valence-electron chi connectivity index (χ1n) is 12.6. The Labute approximate surface area is 223 Å². The number of imidazole rings is 1. The maximum Gasteiger partial charge on any atom is 0.296 e. The van der Waals surface area contributed by atoms with Gasteiger partial charge < -0.3 is 24.6 Å². The highest BCUT2D eigenvalue weighted by Gasteiger charge is 2.28. The summed E-state index contributed by atoms with van der Waals surface area (Å²) in [4.78, 5) is 33.9. The summed E-state index contributed by atoms with van der Waals surface area (Å²) < 4.78 is 41.0. The first kappa shape index (κ1) is 26.3. The number of alkyl halides is 3. The van der Waals surface area contributed by atoms with Gasteiger partial charge in [0.2, 0.25) is 23.8 Å². The van der Waals surface area contributed by atoms with Crippen molar-refractivity contribution in [3.8, 4) is 11.7 Å². The second-order valence-corrected chi connectivity index (χ2v) is 9.23. The second-order valence-electron chi connectivity index (χ2n) is 8.96. The molecule has 2 saturated heterocycles. The number of morpholine rings is 1. The SMILES string of the molecule is CCOc1cccc2c1nc(C(F)F)n2-c1nc(N2CCOCC2)nc(N2CCC(NC(=O)CCl)CC2)n1. The van der Waals surface area contributed by atoms with Gasteiger partial charge in [-0.2, -0.15) is 15.0 Å². The molecule has 0 spiro atoms. The molecule has 0 saturated carbocycles. The lowest BCUT2D eigenvalue weighted by Crippen LogP contribution is -2.45. The zero-order valence-electron chi connectivity index (χ0n) is 20.9. The molecule has 2 aliphatic rings. The Kier molecular flexibility index (Phi) is 8.03. The molecule has 3 aromatic rings. The first-order chi connectivity index (χ1) is 18.5. The van der Waals surface area contributed by atoms with E-state index in [9.17, 15) is 13.6 Å². The highest BCUT2D eigenvalue weighted by atomic mass is 35.5. The Bertz CT molecular complexity index is 1280. The number of hydrogen-bond acceptors (Lipinski definition) is 9. The zero-order chi connectivity index (χ0) is 26.6. The third-order valence-corrected chi connectivity index (χ3v) is 6.77. The number of carbonyl (C=O) groups is 1. The minimum Gasteiger partial charge on any atom is -0.492 e. The molecule has 2 fully saturated rings. The molecule has 14 heteroatoms. The van der Waals surface area contributed by atoms with Crippen LogP contribution in [0.15, 0.2) is 18.2 Å². The van der Waals surface area contributed by atoms with Crippen LogP contribution >= 0.6 is 11.6 Å². The van der Waals surface area contributed by atoms with Crippen molar-refractivity contribution >= 4 is 40.4 Å². The van der Waals surface area contributed by atoms with E-state index < -0.39 is 12.2 Å². The fourth-order valence-electron chi connectivity index (χ4n) is 4.70. The summed E-state index contributed by atoms with van der Waals surface area (Å²) in [6, 6.07) is 5.12. The maximum absolute atomic E-state index is 14.3. The van der Waals surface area contributed by atoms with Crippen LogP contribution in [-0.4, -0.2) is 88.3 Å². The minimum atomic E-state index is -2.87. The number of ether oxygens (including phenoxy) is 2. The van der Waals surface area contributed by atoms with Gasteiger partial charge >= 0.3 is 0 Å². The standard InChI is InChI=1S/C24H29ClF2N8O3/c1-2-38-17-5-3-4-16-19(17)29-21(20(26)27)35(16)24-31-22(30-23(32-24)34-10-12-37-13-11-34)33-8-6-15(7-9-33)28-18(36)14-25/h3-5,15,20H,2,6-14H2,1H3,(H,28,36). The number of benzene rings is 1. The van der Waals surface area contributed by atoms with E-state index in [0.717, 1.165) is 0 Å². The summed E-state index contributed by atoms with van der Waals surface area (Å²) >= 11 is 5.63. The number of aromatic nitrogens is 5. The lowest BCUT2D eigenvalue weighted by Gasteiger charge is -2.33. The van der Waals surface area contributed by atoms with Crippen LogP contribution in [-0.2, 0) is 9.53 Å². The van der Waals surface area contributed by atoms with Gasteiger partial charge in [0.05, 0.1) is 25.3 Å². The Balaban J connectivity index is 1.57. The lowest BCUT2D eigenvalue weighted by atomic mass is 10.1. The molecule has 1 amide bonds. The van der Waals surface area contributed by atoms with Gasteiger partial charge in [0.15, 0.2) is 5.82 Å². The number of piperidine rings is 1. The Morgan fingerprint density at radius 3 is 2.37 bits per heavy atom. The third kappa shape index (κ3) is 5.44. The number of nitrogens with zero attached hydrogens (tertiary/aromatic N) is 7. The maximum atomic E-state index is 14.3. The molecule has 2 aromatic heterocycles. The van der Waals surface area contributed by atoms with Gasteiger partial charge in [-0.1, -0.05) is 6.07 Å². The van der Waals surface area contributed by atoms with Gasteiger partial charge in [0.1, 0.15) is 17.1 Å². The molecule has 38 heavy (non-hydrogen) atoms. The lowest BCUT2D eigenvalue weighted by molar-refractivity contribution is -0.119. The van der Waals surface area contributed by atoms with E-state index in [1.54, 1.807) is 18.2 Å². The molecule has 0 unspecified atom stereocenters. The van der Waals surface area contributed by atoms with E-state index >= 15 is 0 Å². The number of anilines is 2. The summed E-state index contributed by atoms with van der Waals surface area (Å²) in [6.45, 7) is 5.48. The van der Waals surface area contributed by atoms with Crippen LogP contribution in [0.4, 0.5) is 20.7 Å². The summed E-state index contributed by atoms with van der Waals surface area (Å²) in [7, 11) is 0. The molecule has 11 nitrogen and oxygen atoms in total. The first-order valence-corrected chi connectivity index (χ1v) is 13.1. The van der Waals surface area contributed by atoms with Crippen molar-refractivity contribution in [3.63, 3.8) is 0 Å². The van der Waals surface area contributed by atoms with Crippen molar-refractivity contribution in [2.45, 2.75) is 32.2 Å². The minimum absolute atomic E-state index is 0.00228. The monoisotopic (exact) mass is 550 g/mol. The molecule has 0 bridgehead atoms. The number of fused-ring (bicyclic) bond motifs is 1. The number of hydrogen-bond donors (Lipinski definition) is 1. The number of amides is 1. The molecule has 0 aliphatic carbocycles. The molecular weight excluding hydrogens is 522 g/mol. The fraction of sp³-hybridized carbons (Fsp3) is 0.542. The van der Waals surface area contributed by atoms with Crippen molar-refractivity contribution in [1.29, 1.82) is 0 Å². The number of para-hydroxylation sites is 1. The molecule has 4 heterocycles. The Morgan fingerprint density at radius 2 is 1.74 bits per heavy atom. The summed E-state index contributed by atoms with van der Waals surface area (Å²) in [5.41, 5.74) is 0.731. The predicted octanol–water partition coefficient (Wildman–Crippen LogP) is 2.71. The predicted molar refractivity (Wildman–Crippen MR) is 138 cm³/mol. The van der Waals surface area contributed by atoms with Crippen molar-refractivity contribution in [2.24, 2.45) is 0 Å².